The number of imidazole rings is 2. The summed E-state index contributed by atoms with van der Waals surface area (Å²) in [6.45, 7) is -5.52. The zero-order valence-electron chi connectivity index (χ0n) is 22.5. The smallest absolute Gasteiger partial charge is 0.325 e. The van der Waals surface area contributed by atoms with Crippen LogP contribution in [0.5, 0.6) is 0 Å². The molecule has 3 aliphatic heterocycles. The first-order valence-electron chi connectivity index (χ1n) is 13.0. The zero-order valence-corrected chi connectivity index (χ0v) is 25.1. The molecule has 0 spiro atoms. The predicted octanol–water partition coefficient (Wildman–Crippen LogP) is -1.07. The van der Waals surface area contributed by atoms with Crippen LogP contribution in [0.1, 0.15) is 12.5 Å². The second kappa shape index (κ2) is 11.1. The number of aliphatic hydroxyl groups is 1. The quantitative estimate of drug-likeness (QED) is 0.124. The van der Waals surface area contributed by atoms with Gasteiger partial charge in [-0.15, -0.1) is 0 Å². The molecule has 4 aromatic rings. The van der Waals surface area contributed by atoms with Crippen molar-refractivity contribution in [3.63, 3.8) is 0 Å². The van der Waals surface area contributed by atoms with Gasteiger partial charge in [0.05, 0.1) is 25.9 Å². The van der Waals surface area contributed by atoms with Crippen molar-refractivity contribution in [2.24, 2.45) is 0 Å². The lowest BCUT2D eigenvalue weighted by Crippen LogP contribution is -2.38. The van der Waals surface area contributed by atoms with E-state index in [0.29, 0.717) is 0 Å². The van der Waals surface area contributed by atoms with Crippen LogP contribution < -0.4 is 17.0 Å². The second-order valence-electron chi connectivity index (χ2n) is 10.2. The normalized spacial score (nSPS) is 37.7. The molecule has 7 heterocycles. The van der Waals surface area contributed by atoms with Crippen LogP contribution >= 0.6 is 14.2 Å². The van der Waals surface area contributed by atoms with Crippen LogP contribution in [0.25, 0.3) is 22.3 Å². The molecule has 2 radical (unpaired) electrons. The van der Waals surface area contributed by atoms with E-state index in [-0.39, 0.29) is 34.1 Å². The highest BCUT2D eigenvalue weighted by molar-refractivity contribution is 8.07. The molecule has 3 fully saturated rings. The first-order chi connectivity index (χ1) is 21.3. The number of ether oxygens (including phenoxy) is 2. The number of hydrogen-bond acceptors (Lipinski definition) is 17. The van der Waals surface area contributed by atoms with E-state index in [4.69, 9.17) is 58.4 Å². The molecule has 0 saturated carbocycles. The van der Waals surface area contributed by atoms with Crippen LogP contribution in [0.3, 0.4) is 0 Å². The van der Waals surface area contributed by atoms with Crippen LogP contribution in [-0.4, -0.2) is 107 Å². The summed E-state index contributed by atoms with van der Waals surface area (Å²) in [4.78, 5) is 45.5. The number of nitrogens with zero attached hydrogens (tertiary/aromatic N) is 7. The molecule has 238 valence electrons. The van der Waals surface area contributed by atoms with Crippen molar-refractivity contribution in [2.75, 3.05) is 24.7 Å². The van der Waals surface area contributed by atoms with Crippen molar-refractivity contribution in [3.8, 4) is 0 Å². The molecule has 45 heavy (non-hydrogen) atoms. The highest BCUT2D eigenvalue weighted by Crippen LogP contribution is 2.54. The van der Waals surface area contributed by atoms with Crippen molar-refractivity contribution in [2.45, 2.75) is 49.1 Å². The standard InChI is InChI=1S/C20H22BFN10O10P2S/c21-43(35)37-1-7-13(11(33)19(40-7)32-5-28-10-16(32)29-20(24)30-17(10)34)42-44(36,45)38-2-6-12(41-43)8(22)18(39-6)31-4-27-9-14(23)25-3-26-15(9)31/h3-8,11-13,18-19,33H,1-2H2,(H,36,45)(H2,23,25,26)(H3,24,29,30,34)/t6-,7-,8?,11?,12?,13?,18-,19-,43?,44?/m1/s1. The van der Waals surface area contributed by atoms with E-state index in [2.05, 4.69) is 29.9 Å². The molecule has 20 nitrogen and oxygen atoms in total. The van der Waals surface area contributed by atoms with Gasteiger partial charge < -0.3 is 44.5 Å². The lowest BCUT2D eigenvalue weighted by atomic mass is 10.1. The maximum atomic E-state index is 16.0. The molecule has 0 bridgehead atoms. The predicted molar refractivity (Wildman–Crippen MR) is 153 cm³/mol. The van der Waals surface area contributed by atoms with Crippen LogP contribution in [0.4, 0.5) is 16.2 Å². The van der Waals surface area contributed by atoms with Gasteiger partial charge in [-0.3, -0.25) is 28.0 Å². The third-order valence-corrected chi connectivity index (χ3v) is 9.91. The number of aromatic nitrogens is 8. The van der Waals surface area contributed by atoms with Crippen molar-refractivity contribution in [1.29, 1.82) is 0 Å². The summed E-state index contributed by atoms with van der Waals surface area (Å²) >= 11 is 5.18. The van der Waals surface area contributed by atoms with E-state index in [1.54, 1.807) is 0 Å². The minimum atomic E-state index is -4.57. The molecule has 4 aromatic heterocycles. The number of nitrogens with two attached hydrogens (primary N) is 2. The van der Waals surface area contributed by atoms with E-state index < -0.39 is 82.1 Å². The Morgan fingerprint density at radius 1 is 1.00 bits per heavy atom. The molecule has 10 atom stereocenters. The number of nitrogens with one attached hydrogen (secondary N) is 1. The summed E-state index contributed by atoms with van der Waals surface area (Å²) in [5, 5.41) is 11.2. The number of alkyl halides is 1. The lowest BCUT2D eigenvalue weighted by molar-refractivity contribution is -0.0572. The maximum Gasteiger partial charge on any atom is 0.325 e. The minimum Gasteiger partial charge on any atom is -0.386 e. The molecular formula is C20H22BFN10O10P2S. The van der Waals surface area contributed by atoms with E-state index in [0.717, 1.165) is 12.7 Å². The average molecular weight is 686 g/mol. The number of hydrogen-bond donors (Lipinski definition) is 5. The molecule has 7 rings (SSSR count). The van der Waals surface area contributed by atoms with Crippen molar-refractivity contribution < 1.29 is 46.5 Å². The van der Waals surface area contributed by atoms with E-state index in [9.17, 15) is 19.4 Å². The first kappa shape index (κ1) is 30.7. The van der Waals surface area contributed by atoms with Gasteiger partial charge in [0, 0.05) is 0 Å². The number of nitrogen functional groups attached to an aromatic ring is 2. The van der Waals surface area contributed by atoms with Gasteiger partial charge in [0.1, 0.15) is 42.4 Å². The lowest BCUT2D eigenvalue weighted by Gasteiger charge is -2.30. The Balaban J connectivity index is 1.17. The molecule has 3 aliphatic rings. The Bertz CT molecular complexity index is 1950. The van der Waals surface area contributed by atoms with Crippen LogP contribution in [0.2, 0.25) is 0 Å². The largest absolute Gasteiger partial charge is 0.386 e. The Hall–Kier alpha value is -2.95. The Kier molecular flexibility index (Phi) is 7.57. The van der Waals surface area contributed by atoms with Gasteiger partial charge in [-0.25, -0.2) is 24.3 Å². The molecule has 3 saturated heterocycles. The molecule has 0 amide bonds. The van der Waals surface area contributed by atoms with Gasteiger partial charge in [-0.2, -0.15) is 4.98 Å². The Morgan fingerprint density at radius 2 is 1.67 bits per heavy atom. The maximum absolute atomic E-state index is 16.0. The van der Waals surface area contributed by atoms with Gasteiger partial charge >= 0.3 is 6.72 Å². The number of H-pyrrole nitrogens is 1. The van der Waals surface area contributed by atoms with E-state index in [1.807, 2.05) is 0 Å². The third kappa shape index (κ3) is 5.46. The number of anilines is 2. The number of aliphatic hydroxyl groups excluding tert-OH is 1. The Labute approximate surface area is 256 Å². The van der Waals surface area contributed by atoms with Gasteiger partial charge in [-0.05, 0) is 11.8 Å². The van der Waals surface area contributed by atoms with Crippen molar-refractivity contribution in [3.05, 3.63) is 29.3 Å². The Morgan fingerprint density at radius 3 is 2.44 bits per heavy atom. The summed E-state index contributed by atoms with van der Waals surface area (Å²) in [7, 11) is 1.28. The molecular weight excluding hydrogens is 664 g/mol. The third-order valence-electron chi connectivity index (χ3n) is 7.31. The SMILES string of the molecule is [B]P1(=O)OC[C@H]2O[C@@H](n3cnc4c(=O)[nH]c(N)nc43)C(O)C2OP(O)(=S)OC[C@H]2O[C@@H](n3cnc4c(N)ncnc43)C(F)C2O1. The van der Waals surface area contributed by atoms with Crippen LogP contribution in [-0.2, 0) is 43.9 Å². The van der Waals surface area contributed by atoms with Gasteiger partial charge in [0.2, 0.25) is 13.5 Å². The van der Waals surface area contributed by atoms with E-state index in [1.165, 1.54) is 15.5 Å². The number of aromatic amines is 1. The highest BCUT2D eigenvalue weighted by atomic mass is 32.5. The second-order valence-corrected chi connectivity index (χ2v) is 14.5. The van der Waals surface area contributed by atoms with Crippen LogP contribution in [0.15, 0.2) is 23.8 Å². The van der Waals surface area contributed by atoms with Gasteiger partial charge in [0.25, 0.3) is 13.0 Å². The van der Waals surface area contributed by atoms with E-state index >= 15 is 4.39 Å². The summed E-state index contributed by atoms with van der Waals surface area (Å²) in [6.07, 6.45) is -8.72. The molecule has 0 aliphatic carbocycles. The molecule has 7 N–H and O–H groups in total. The van der Waals surface area contributed by atoms with Crippen molar-refractivity contribution >= 4 is 67.7 Å². The summed E-state index contributed by atoms with van der Waals surface area (Å²) < 4.78 is 65.3. The average Bonchev–Trinajstić information content (AvgIpc) is 3.72. The first-order valence-corrected chi connectivity index (χ1v) is 17.2. The minimum absolute atomic E-state index is 0.0422. The number of fused-ring (bicyclic) bond motifs is 4. The topological polar surface area (TPSA) is 272 Å². The monoisotopic (exact) mass is 686 g/mol. The van der Waals surface area contributed by atoms with Gasteiger partial charge in [-0.1, -0.05) is 0 Å². The number of rotatable bonds is 2. The highest BCUT2D eigenvalue weighted by Gasteiger charge is 2.53. The fourth-order valence-electron chi connectivity index (χ4n) is 5.31. The van der Waals surface area contributed by atoms with Gasteiger partial charge in [0.15, 0.2) is 41.3 Å². The molecule has 25 heteroatoms. The molecule has 0 aromatic carbocycles. The number of halogens is 1. The summed E-state index contributed by atoms with van der Waals surface area (Å²) in [5.74, 6) is -0.184. The fourth-order valence-corrected chi connectivity index (χ4v) is 7.76. The fraction of sp³-hybridized carbons (Fsp3) is 0.500. The van der Waals surface area contributed by atoms with Crippen LogP contribution in [0, 0.1) is 0 Å². The van der Waals surface area contributed by atoms with Crippen molar-refractivity contribution in [1.82, 2.24) is 39.0 Å². The summed E-state index contributed by atoms with van der Waals surface area (Å²) in [5.41, 5.74) is 11.0. The summed E-state index contributed by atoms with van der Waals surface area (Å²) in [6, 6.07) is 0. The molecule has 6 unspecified atom stereocenters. The zero-order chi connectivity index (χ0) is 31.8.